The highest BCUT2D eigenvalue weighted by atomic mass is 16.5. The lowest BCUT2D eigenvalue weighted by Crippen LogP contribution is -2.38. The third-order valence-electron chi connectivity index (χ3n) is 3.98. The van der Waals surface area contributed by atoms with Crippen molar-refractivity contribution in [3.05, 3.63) is 29.8 Å². The minimum Gasteiger partial charge on any atom is -0.487 e. The molecule has 86 valence electrons. The van der Waals surface area contributed by atoms with Crippen molar-refractivity contribution in [2.45, 2.75) is 44.3 Å². The van der Waals surface area contributed by atoms with Crippen LogP contribution in [-0.4, -0.2) is 10.7 Å². The van der Waals surface area contributed by atoms with Crippen LogP contribution < -0.4 is 4.74 Å². The Labute approximate surface area is 96.2 Å². The molecule has 1 aliphatic carbocycles. The zero-order valence-electron chi connectivity index (χ0n) is 9.65. The predicted molar refractivity (Wildman–Crippen MR) is 62.4 cm³/mol. The summed E-state index contributed by atoms with van der Waals surface area (Å²) in [4.78, 5) is 0. The maximum atomic E-state index is 10.2. The summed E-state index contributed by atoms with van der Waals surface area (Å²) in [6.45, 7) is 2.27. The summed E-state index contributed by atoms with van der Waals surface area (Å²) in [6.07, 6.45) is 3.79. The summed E-state index contributed by atoms with van der Waals surface area (Å²) >= 11 is 0. The van der Waals surface area contributed by atoms with Crippen LogP contribution in [0.15, 0.2) is 24.3 Å². The summed E-state index contributed by atoms with van der Waals surface area (Å²) in [7, 11) is 0. The van der Waals surface area contributed by atoms with E-state index in [0.29, 0.717) is 0 Å². The van der Waals surface area contributed by atoms with E-state index in [2.05, 4.69) is 6.92 Å². The van der Waals surface area contributed by atoms with Crippen molar-refractivity contribution in [1.82, 2.24) is 0 Å². The van der Waals surface area contributed by atoms with Gasteiger partial charge in [-0.1, -0.05) is 25.1 Å². The first-order valence-electron chi connectivity index (χ1n) is 6.15. The molecule has 16 heavy (non-hydrogen) atoms. The molecule has 0 saturated heterocycles. The van der Waals surface area contributed by atoms with E-state index in [1.807, 2.05) is 24.3 Å². The number of para-hydroxylation sites is 1. The smallest absolute Gasteiger partial charge is 0.125 e. The minimum atomic E-state index is -0.352. The van der Waals surface area contributed by atoms with Crippen molar-refractivity contribution in [3.8, 4) is 5.75 Å². The minimum absolute atomic E-state index is 0.0901. The highest BCUT2D eigenvalue weighted by Crippen LogP contribution is 2.48. The Morgan fingerprint density at radius 1 is 1.31 bits per heavy atom. The maximum Gasteiger partial charge on any atom is 0.125 e. The average molecular weight is 218 g/mol. The number of fused-ring (bicyclic) bond motifs is 1. The normalized spacial score (nSPS) is 37.1. The molecular weight excluding hydrogens is 200 g/mol. The van der Waals surface area contributed by atoms with Gasteiger partial charge in [0.25, 0.3) is 0 Å². The van der Waals surface area contributed by atoms with Gasteiger partial charge in [0.1, 0.15) is 11.4 Å². The van der Waals surface area contributed by atoms with E-state index < -0.39 is 0 Å². The van der Waals surface area contributed by atoms with Crippen LogP contribution in [0.5, 0.6) is 5.75 Å². The molecule has 2 nitrogen and oxygen atoms in total. The molecule has 0 aromatic heterocycles. The van der Waals surface area contributed by atoms with Gasteiger partial charge in [-0.05, 0) is 31.2 Å². The molecule has 2 heteroatoms. The molecule has 2 unspecified atom stereocenters. The third kappa shape index (κ3) is 1.52. The molecule has 1 N–H and O–H groups in total. The van der Waals surface area contributed by atoms with E-state index in [9.17, 15) is 5.11 Å². The van der Waals surface area contributed by atoms with Gasteiger partial charge in [0.15, 0.2) is 0 Å². The van der Waals surface area contributed by atoms with Crippen LogP contribution in [0, 0.1) is 5.92 Å². The van der Waals surface area contributed by atoms with Crippen molar-refractivity contribution < 1.29 is 9.84 Å². The lowest BCUT2D eigenvalue weighted by atomic mass is 9.87. The van der Waals surface area contributed by atoms with E-state index in [1.165, 1.54) is 6.42 Å². The Bertz CT molecular complexity index is 401. The summed E-state index contributed by atoms with van der Waals surface area (Å²) in [5.41, 5.74) is 0.861. The Hall–Kier alpha value is -1.02. The molecule has 0 bridgehead atoms. The highest BCUT2D eigenvalue weighted by Gasteiger charge is 2.44. The molecule has 1 aromatic rings. The van der Waals surface area contributed by atoms with Crippen molar-refractivity contribution in [3.63, 3.8) is 0 Å². The molecule has 1 fully saturated rings. The number of ether oxygens (including phenoxy) is 1. The molecule has 0 radical (unpaired) electrons. The molecule has 1 aromatic carbocycles. The number of hydrogen-bond acceptors (Lipinski definition) is 2. The van der Waals surface area contributed by atoms with Gasteiger partial charge in [0.05, 0.1) is 6.10 Å². The first-order valence-corrected chi connectivity index (χ1v) is 6.15. The van der Waals surface area contributed by atoms with Crippen LogP contribution in [0.1, 0.15) is 44.3 Å². The number of rotatable bonds is 0. The lowest BCUT2D eigenvalue weighted by Gasteiger charge is -2.38. The molecule has 1 heterocycles. The molecule has 1 aliphatic heterocycles. The van der Waals surface area contributed by atoms with Crippen LogP contribution in [0.4, 0.5) is 0 Å². The molecule has 3 rings (SSSR count). The van der Waals surface area contributed by atoms with Crippen molar-refractivity contribution >= 4 is 0 Å². The molecule has 2 aliphatic rings. The topological polar surface area (TPSA) is 29.5 Å². The molecular formula is C14H18O2. The molecule has 1 saturated carbocycles. The largest absolute Gasteiger partial charge is 0.487 e. The fourth-order valence-electron chi connectivity index (χ4n) is 3.21. The first-order chi connectivity index (χ1) is 7.69. The molecule has 3 atom stereocenters. The number of hydrogen-bond donors (Lipinski definition) is 1. The fraction of sp³-hybridized carbons (Fsp3) is 0.571. The summed E-state index contributed by atoms with van der Waals surface area (Å²) in [6, 6.07) is 7.87. The Kier molecular flexibility index (Phi) is 2.21. The van der Waals surface area contributed by atoms with Gasteiger partial charge in [0, 0.05) is 12.0 Å². The number of aliphatic hydroxyl groups excluding tert-OH is 1. The fourth-order valence-corrected chi connectivity index (χ4v) is 3.21. The zero-order chi connectivity index (χ0) is 11.2. The number of benzene rings is 1. The molecule has 0 amide bonds. The van der Waals surface area contributed by atoms with Crippen LogP contribution >= 0.6 is 0 Å². The average Bonchev–Trinajstić information content (AvgIpc) is 2.59. The quantitative estimate of drug-likeness (QED) is 0.725. The number of aliphatic hydroxyl groups is 1. The lowest BCUT2D eigenvalue weighted by molar-refractivity contribution is -0.0116. The SMILES string of the molecule is CC1CCC2(C1)C[C@H](O)c1ccccc1O2. The van der Waals surface area contributed by atoms with E-state index >= 15 is 0 Å². The zero-order valence-corrected chi connectivity index (χ0v) is 9.65. The predicted octanol–water partition coefficient (Wildman–Crippen LogP) is 3.06. The van der Waals surface area contributed by atoms with Crippen LogP contribution in [0.25, 0.3) is 0 Å². The monoisotopic (exact) mass is 218 g/mol. The Balaban J connectivity index is 1.95. The van der Waals surface area contributed by atoms with E-state index in [0.717, 1.165) is 36.5 Å². The van der Waals surface area contributed by atoms with Crippen LogP contribution in [-0.2, 0) is 0 Å². The van der Waals surface area contributed by atoms with Gasteiger partial charge in [-0.2, -0.15) is 0 Å². The standard InChI is InChI=1S/C14H18O2/c1-10-6-7-14(8-10)9-12(15)11-4-2-3-5-13(11)16-14/h2-5,10,12,15H,6-9H2,1H3/t10?,12-,14?/m0/s1. The first kappa shape index (κ1) is 10.2. The van der Waals surface area contributed by atoms with Gasteiger partial charge in [-0.25, -0.2) is 0 Å². The van der Waals surface area contributed by atoms with Gasteiger partial charge >= 0.3 is 0 Å². The molecule has 1 spiro atoms. The van der Waals surface area contributed by atoms with Crippen LogP contribution in [0.3, 0.4) is 0 Å². The van der Waals surface area contributed by atoms with Crippen molar-refractivity contribution in [2.75, 3.05) is 0 Å². The Morgan fingerprint density at radius 3 is 2.88 bits per heavy atom. The Morgan fingerprint density at radius 2 is 2.12 bits per heavy atom. The van der Waals surface area contributed by atoms with Crippen molar-refractivity contribution in [2.24, 2.45) is 5.92 Å². The summed E-state index contributed by atoms with van der Waals surface area (Å²) in [5, 5.41) is 10.2. The third-order valence-corrected chi connectivity index (χ3v) is 3.98. The highest BCUT2D eigenvalue weighted by molar-refractivity contribution is 5.38. The van der Waals surface area contributed by atoms with E-state index in [-0.39, 0.29) is 11.7 Å². The second-order valence-corrected chi connectivity index (χ2v) is 5.39. The maximum absolute atomic E-state index is 10.2. The van der Waals surface area contributed by atoms with Gasteiger partial charge in [-0.15, -0.1) is 0 Å². The van der Waals surface area contributed by atoms with Gasteiger partial charge < -0.3 is 9.84 Å². The summed E-state index contributed by atoms with van der Waals surface area (Å²) in [5.74, 6) is 1.60. The second kappa shape index (κ2) is 3.49. The summed E-state index contributed by atoms with van der Waals surface area (Å²) < 4.78 is 6.16. The van der Waals surface area contributed by atoms with E-state index in [4.69, 9.17) is 4.74 Å². The van der Waals surface area contributed by atoms with Crippen LogP contribution in [0.2, 0.25) is 0 Å². The van der Waals surface area contributed by atoms with Gasteiger partial charge in [-0.3, -0.25) is 0 Å². The van der Waals surface area contributed by atoms with Gasteiger partial charge in [0.2, 0.25) is 0 Å². The van der Waals surface area contributed by atoms with E-state index in [1.54, 1.807) is 0 Å². The second-order valence-electron chi connectivity index (χ2n) is 5.39. The van der Waals surface area contributed by atoms with Crippen molar-refractivity contribution in [1.29, 1.82) is 0 Å².